The Morgan fingerprint density at radius 2 is 2.04 bits per heavy atom. The van der Waals surface area contributed by atoms with Crippen molar-refractivity contribution in [2.45, 2.75) is 45.6 Å². The topological polar surface area (TPSA) is 21.1 Å². The first-order valence-corrected chi connectivity index (χ1v) is 8.74. The maximum atomic E-state index is 4.38. The number of allylic oxidation sites excluding steroid dienone is 1. The highest BCUT2D eigenvalue weighted by molar-refractivity contribution is 5.68. The summed E-state index contributed by atoms with van der Waals surface area (Å²) in [6, 6.07) is 8.68. The van der Waals surface area contributed by atoms with Crippen LogP contribution in [0, 0.1) is 5.92 Å². The molecule has 1 fully saturated rings. The third kappa shape index (κ3) is 3.49. The number of hydrogen-bond acceptors (Lipinski definition) is 2. The van der Waals surface area contributed by atoms with Crippen molar-refractivity contribution in [2.75, 3.05) is 11.9 Å². The second kappa shape index (κ2) is 7.03. The lowest BCUT2D eigenvalue weighted by Crippen LogP contribution is -2.23. The number of aryl methyl sites for hydroxylation is 1. The van der Waals surface area contributed by atoms with E-state index in [-0.39, 0.29) is 0 Å². The van der Waals surface area contributed by atoms with Gasteiger partial charge in [-0.15, -0.1) is 0 Å². The molecule has 1 saturated carbocycles. The fourth-order valence-corrected chi connectivity index (χ4v) is 3.46. The standard InChI is InChI=1S/C20H27N3/c1-4-23-15-19(14-21-23)18-11-8-12-20(13-18)22(3)16(2)17-9-6-5-7-10-17/h8,11-15,17H,2,4-7,9-10H2,1,3H3. The number of aromatic nitrogens is 2. The average Bonchev–Trinajstić information content (AvgIpc) is 3.10. The van der Waals surface area contributed by atoms with Crippen molar-refractivity contribution in [1.82, 2.24) is 9.78 Å². The van der Waals surface area contributed by atoms with Crippen molar-refractivity contribution in [1.29, 1.82) is 0 Å². The quantitative estimate of drug-likeness (QED) is 0.766. The molecule has 122 valence electrons. The van der Waals surface area contributed by atoms with E-state index >= 15 is 0 Å². The van der Waals surface area contributed by atoms with Gasteiger partial charge in [-0.1, -0.05) is 38.0 Å². The van der Waals surface area contributed by atoms with Crippen LogP contribution in [0.2, 0.25) is 0 Å². The highest BCUT2D eigenvalue weighted by Gasteiger charge is 2.20. The lowest BCUT2D eigenvalue weighted by molar-refractivity contribution is 0.398. The molecule has 0 saturated heterocycles. The number of nitrogens with zero attached hydrogens (tertiary/aromatic N) is 3. The Morgan fingerprint density at radius 3 is 2.74 bits per heavy atom. The molecule has 3 heteroatoms. The molecule has 3 rings (SSSR count). The second-order valence-electron chi connectivity index (χ2n) is 6.52. The van der Waals surface area contributed by atoms with Gasteiger partial charge in [-0.3, -0.25) is 4.68 Å². The van der Waals surface area contributed by atoms with Crippen LogP contribution in [0.5, 0.6) is 0 Å². The average molecular weight is 309 g/mol. The predicted molar refractivity (Wildman–Crippen MR) is 97.5 cm³/mol. The third-order valence-corrected chi connectivity index (χ3v) is 5.03. The van der Waals surface area contributed by atoms with Gasteiger partial charge in [0.2, 0.25) is 0 Å². The monoisotopic (exact) mass is 309 g/mol. The fourth-order valence-electron chi connectivity index (χ4n) is 3.46. The van der Waals surface area contributed by atoms with Crippen molar-refractivity contribution in [3.05, 3.63) is 48.9 Å². The van der Waals surface area contributed by atoms with E-state index in [0.717, 1.165) is 6.54 Å². The smallest absolute Gasteiger partial charge is 0.0568 e. The van der Waals surface area contributed by atoms with E-state index in [1.54, 1.807) is 0 Å². The Balaban J connectivity index is 1.79. The summed E-state index contributed by atoms with van der Waals surface area (Å²) < 4.78 is 1.96. The molecule has 1 aliphatic rings. The molecule has 1 aromatic carbocycles. The summed E-state index contributed by atoms with van der Waals surface area (Å²) in [5.74, 6) is 0.639. The summed E-state index contributed by atoms with van der Waals surface area (Å²) >= 11 is 0. The summed E-state index contributed by atoms with van der Waals surface area (Å²) in [4.78, 5) is 2.27. The van der Waals surface area contributed by atoms with Crippen LogP contribution in [0.3, 0.4) is 0 Å². The molecule has 23 heavy (non-hydrogen) atoms. The first-order valence-electron chi connectivity index (χ1n) is 8.74. The van der Waals surface area contributed by atoms with Crippen LogP contribution < -0.4 is 4.90 Å². The highest BCUT2D eigenvalue weighted by atomic mass is 15.3. The minimum absolute atomic E-state index is 0.639. The summed E-state index contributed by atoms with van der Waals surface area (Å²) in [5, 5.41) is 4.38. The zero-order valence-electron chi connectivity index (χ0n) is 14.3. The molecule has 0 aliphatic heterocycles. The van der Waals surface area contributed by atoms with E-state index in [2.05, 4.69) is 61.0 Å². The molecule has 1 heterocycles. The van der Waals surface area contributed by atoms with Crippen LogP contribution >= 0.6 is 0 Å². The fraction of sp³-hybridized carbons (Fsp3) is 0.450. The molecule has 0 atom stereocenters. The third-order valence-electron chi connectivity index (χ3n) is 5.03. The Labute approximate surface area is 139 Å². The van der Waals surface area contributed by atoms with Gasteiger partial charge < -0.3 is 4.90 Å². The van der Waals surface area contributed by atoms with Crippen molar-refractivity contribution in [3.8, 4) is 11.1 Å². The van der Waals surface area contributed by atoms with Gasteiger partial charge >= 0.3 is 0 Å². The molecule has 1 aromatic heterocycles. The Kier molecular flexibility index (Phi) is 4.85. The SMILES string of the molecule is C=C(C1CCCCC1)N(C)c1cccc(-c2cnn(CC)c2)c1. The van der Waals surface area contributed by atoms with Gasteiger partial charge in [-0.2, -0.15) is 5.10 Å². The maximum absolute atomic E-state index is 4.38. The number of anilines is 1. The highest BCUT2D eigenvalue weighted by Crippen LogP contribution is 2.33. The minimum atomic E-state index is 0.639. The van der Waals surface area contributed by atoms with Crippen molar-refractivity contribution in [2.24, 2.45) is 5.92 Å². The van der Waals surface area contributed by atoms with Gasteiger partial charge in [0, 0.05) is 36.7 Å². The molecule has 3 nitrogen and oxygen atoms in total. The first-order chi connectivity index (χ1) is 11.2. The zero-order chi connectivity index (χ0) is 16.2. The Hall–Kier alpha value is -2.03. The van der Waals surface area contributed by atoms with E-state index in [4.69, 9.17) is 0 Å². The number of benzene rings is 1. The number of rotatable bonds is 5. The second-order valence-corrected chi connectivity index (χ2v) is 6.52. The van der Waals surface area contributed by atoms with E-state index < -0.39 is 0 Å². The van der Waals surface area contributed by atoms with Crippen LogP contribution in [0.1, 0.15) is 39.0 Å². The summed E-state index contributed by atoms with van der Waals surface area (Å²) in [5.41, 5.74) is 4.85. The van der Waals surface area contributed by atoms with Crippen LogP contribution in [-0.4, -0.2) is 16.8 Å². The Bertz CT molecular complexity index is 665. The molecule has 0 radical (unpaired) electrons. The molecule has 0 N–H and O–H groups in total. The summed E-state index contributed by atoms with van der Waals surface area (Å²) in [6.07, 6.45) is 10.7. The van der Waals surface area contributed by atoms with Crippen LogP contribution in [0.15, 0.2) is 48.9 Å². The van der Waals surface area contributed by atoms with Crippen LogP contribution in [0.4, 0.5) is 5.69 Å². The maximum Gasteiger partial charge on any atom is 0.0568 e. The molecule has 1 aliphatic carbocycles. The van der Waals surface area contributed by atoms with Crippen LogP contribution in [0.25, 0.3) is 11.1 Å². The lowest BCUT2D eigenvalue weighted by atomic mass is 9.87. The van der Waals surface area contributed by atoms with Crippen LogP contribution in [-0.2, 0) is 6.54 Å². The van der Waals surface area contributed by atoms with Crippen molar-refractivity contribution in [3.63, 3.8) is 0 Å². The van der Waals surface area contributed by atoms with Crippen molar-refractivity contribution < 1.29 is 0 Å². The van der Waals surface area contributed by atoms with E-state index in [1.165, 1.54) is 54.6 Å². The van der Waals surface area contributed by atoms with E-state index in [0.29, 0.717) is 5.92 Å². The van der Waals surface area contributed by atoms with Gasteiger partial charge in [0.1, 0.15) is 0 Å². The van der Waals surface area contributed by atoms with Gasteiger partial charge in [-0.25, -0.2) is 0 Å². The predicted octanol–water partition coefficient (Wildman–Crippen LogP) is 5.10. The van der Waals surface area contributed by atoms with Gasteiger partial charge in [0.05, 0.1) is 6.20 Å². The van der Waals surface area contributed by atoms with E-state index in [1.807, 2.05) is 10.9 Å². The molecule has 0 spiro atoms. The number of hydrogen-bond donors (Lipinski definition) is 0. The normalized spacial score (nSPS) is 15.6. The largest absolute Gasteiger partial charge is 0.348 e. The zero-order valence-corrected chi connectivity index (χ0v) is 14.3. The molecule has 0 bridgehead atoms. The van der Waals surface area contributed by atoms with Gasteiger partial charge in [-0.05, 0) is 43.4 Å². The Morgan fingerprint density at radius 1 is 1.26 bits per heavy atom. The lowest BCUT2D eigenvalue weighted by Gasteiger charge is -2.31. The summed E-state index contributed by atoms with van der Waals surface area (Å²) in [7, 11) is 2.14. The first kappa shape index (κ1) is 15.9. The van der Waals surface area contributed by atoms with E-state index in [9.17, 15) is 0 Å². The van der Waals surface area contributed by atoms with Gasteiger partial charge in [0.15, 0.2) is 0 Å². The molecule has 0 amide bonds. The van der Waals surface area contributed by atoms with Crippen molar-refractivity contribution >= 4 is 5.69 Å². The minimum Gasteiger partial charge on any atom is -0.348 e. The molecular weight excluding hydrogens is 282 g/mol. The summed E-state index contributed by atoms with van der Waals surface area (Å²) in [6.45, 7) is 7.39. The molecule has 2 aromatic rings. The van der Waals surface area contributed by atoms with Gasteiger partial charge in [0.25, 0.3) is 0 Å². The molecule has 0 unspecified atom stereocenters. The molecular formula is C20H27N3.